The molecule has 0 radical (unpaired) electrons. The van der Waals surface area contributed by atoms with Crippen molar-refractivity contribution in [2.24, 2.45) is 0 Å². The van der Waals surface area contributed by atoms with Gasteiger partial charge in [0.15, 0.2) is 0 Å². The van der Waals surface area contributed by atoms with Crippen LogP contribution in [0.5, 0.6) is 0 Å². The van der Waals surface area contributed by atoms with Crippen LogP contribution in [0, 0.1) is 0 Å². The lowest BCUT2D eigenvalue weighted by Crippen LogP contribution is -2.18. The zero-order chi connectivity index (χ0) is 12.2. The fraction of sp³-hybridized carbons (Fsp3) is 0.647. The van der Waals surface area contributed by atoms with Crippen LogP contribution >= 0.6 is 0 Å². The summed E-state index contributed by atoms with van der Waals surface area (Å²) in [6.07, 6.45) is 6.69. The molecule has 0 bridgehead atoms. The van der Waals surface area contributed by atoms with Crippen LogP contribution in [-0.4, -0.2) is 0 Å². The van der Waals surface area contributed by atoms with Crippen molar-refractivity contribution in [1.82, 2.24) is 0 Å². The average Bonchev–Trinajstić information content (AvgIpc) is 2.81. The van der Waals surface area contributed by atoms with Gasteiger partial charge in [-0.05, 0) is 71.3 Å². The molecule has 0 aliphatic heterocycles. The van der Waals surface area contributed by atoms with Crippen molar-refractivity contribution in [1.29, 1.82) is 0 Å². The van der Waals surface area contributed by atoms with E-state index in [1.165, 1.54) is 32.1 Å². The number of hydrogen-bond donors (Lipinski definition) is 0. The zero-order valence-electron chi connectivity index (χ0n) is 11.7. The van der Waals surface area contributed by atoms with E-state index in [0.717, 1.165) is 5.92 Å². The predicted molar refractivity (Wildman–Crippen MR) is 73.9 cm³/mol. The number of hydrogen-bond acceptors (Lipinski definition) is 0. The number of rotatable bonds is 0. The second-order valence-corrected chi connectivity index (χ2v) is 7.01. The summed E-state index contributed by atoms with van der Waals surface area (Å²) in [6.45, 7) is 9.60. The Morgan fingerprint density at radius 1 is 1.06 bits per heavy atom. The SMILES string of the molecule is C[C@H]1CCc2cc3c(c(C(C)(C)C)c21)CCC3. The summed E-state index contributed by atoms with van der Waals surface area (Å²) in [5.41, 5.74) is 8.81. The van der Waals surface area contributed by atoms with E-state index < -0.39 is 0 Å². The quantitative estimate of drug-likeness (QED) is 0.612. The summed E-state index contributed by atoms with van der Waals surface area (Å²) in [7, 11) is 0. The number of fused-ring (bicyclic) bond motifs is 2. The Morgan fingerprint density at radius 2 is 1.82 bits per heavy atom. The van der Waals surface area contributed by atoms with Crippen molar-refractivity contribution in [2.45, 2.75) is 71.1 Å². The third kappa shape index (κ3) is 1.64. The largest absolute Gasteiger partial charge is 0.0584 e. The highest BCUT2D eigenvalue weighted by Gasteiger charge is 2.32. The van der Waals surface area contributed by atoms with Gasteiger partial charge in [0, 0.05) is 0 Å². The molecule has 0 heteroatoms. The van der Waals surface area contributed by atoms with E-state index in [4.69, 9.17) is 0 Å². The van der Waals surface area contributed by atoms with Gasteiger partial charge in [0.25, 0.3) is 0 Å². The first-order chi connectivity index (χ1) is 7.98. The van der Waals surface area contributed by atoms with E-state index in [-0.39, 0.29) is 0 Å². The molecule has 0 nitrogen and oxygen atoms in total. The second kappa shape index (κ2) is 3.60. The second-order valence-electron chi connectivity index (χ2n) is 7.01. The fourth-order valence-corrected chi connectivity index (χ4v) is 3.97. The first-order valence-electron chi connectivity index (χ1n) is 7.16. The van der Waals surface area contributed by atoms with Crippen molar-refractivity contribution in [3.63, 3.8) is 0 Å². The molecule has 1 aromatic carbocycles. The van der Waals surface area contributed by atoms with Gasteiger partial charge < -0.3 is 0 Å². The molecule has 0 heterocycles. The Hall–Kier alpha value is -0.780. The summed E-state index contributed by atoms with van der Waals surface area (Å²) < 4.78 is 0. The van der Waals surface area contributed by atoms with E-state index in [0.29, 0.717) is 5.41 Å². The van der Waals surface area contributed by atoms with Crippen molar-refractivity contribution in [2.75, 3.05) is 0 Å². The Morgan fingerprint density at radius 3 is 2.53 bits per heavy atom. The molecule has 3 rings (SSSR count). The molecule has 0 amide bonds. The lowest BCUT2D eigenvalue weighted by atomic mass is 9.76. The van der Waals surface area contributed by atoms with Gasteiger partial charge >= 0.3 is 0 Å². The Kier molecular flexibility index (Phi) is 2.40. The molecule has 2 aliphatic carbocycles. The standard InChI is InChI=1S/C17H24/c1-11-8-9-13-10-12-6-5-7-14(12)16(15(11)13)17(2,3)4/h10-11H,5-9H2,1-4H3/t11-/m0/s1. The van der Waals surface area contributed by atoms with Gasteiger partial charge in [0.05, 0.1) is 0 Å². The van der Waals surface area contributed by atoms with Crippen LogP contribution < -0.4 is 0 Å². The van der Waals surface area contributed by atoms with Gasteiger partial charge in [-0.2, -0.15) is 0 Å². The maximum atomic E-state index is 2.54. The molecule has 0 saturated heterocycles. The maximum Gasteiger partial charge on any atom is -0.0126 e. The van der Waals surface area contributed by atoms with Crippen LogP contribution in [0.4, 0.5) is 0 Å². The van der Waals surface area contributed by atoms with Crippen LogP contribution in [0.25, 0.3) is 0 Å². The van der Waals surface area contributed by atoms with Crippen molar-refractivity contribution in [3.05, 3.63) is 33.9 Å². The van der Waals surface area contributed by atoms with Crippen LogP contribution in [-0.2, 0) is 24.7 Å². The van der Waals surface area contributed by atoms with E-state index in [2.05, 4.69) is 33.8 Å². The van der Waals surface area contributed by atoms with Gasteiger partial charge in [-0.25, -0.2) is 0 Å². The van der Waals surface area contributed by atoms with Gasteiger partial charge in [-0.3, -0.25) is 0 Å². The highest BCUT2D eigenvalue weighted by molar-refractivity contribution is 5.54. The predicted octanol–water partition coefficient (Wildman–Crippen LogP) is 4.52. The monoisotopic (exact) mass is 228 g/mol. The van der Waals surface area contributed by atoms with E-state index in [9.17, 15) is 0 Å². The minimum atomic E-state index is 0.318. The molecule has 0 saturated carbocycles. The highest BCUT2D eigenvalue weighted by Crippen LogP contribution is 2.45. The first kappa shape index (κ1) is 11.3. The maximum absolute atomic E-state index is 2.54. The van der Waals surface area contributed by atoms with E-state index in [1.807, 2.05) is 0 Å². The molecule has 1 aromatic rings. The van der Waals surface area contributed by atoms with E-state index in [1.54, 1.807) is 27.8 Å². The molecule has 0 spiro atoms. The van der Waals surface area contributed by atoms with Gasteiger partial charge in [0.1, 0.15) is 0 Å². The summed E-state index contributed by atoms with van der Waals surface area (Å²) >= 11 is 0. The van der Waals surface area contributed by atoms with Crippen LogP contribution in [0.1, 0.15) is 74.3 Å². The van der Waals surface area contributed by atoms with E-state index >= 15 is 0 Å². The first-order valence-corrected chi connectivity index (χ1v) is 7.16. The lowest BCUT2D eigenvalue weighted by Gasteiger charge is -2.28. The summed E-state index contributed by atoms with van der Waals surface area (Å²) in [5, 5.41) is 0. The Bertz CT molecular complexity index is 460. The molecular formula is C17H24. The number of aryl methyl sites for hydroxylation is 2. The zero-order valence-corrected chi connectivity index (χ0v) is 11.7. The van der Waals surface area contributed by atoms with Crippen LogP contribution in [0.15, 0.2) is 6.07 Å². The highest BCUT2D eigenvalue weighted by atomic mass is 14.4. The summed E-state index contributed by atoms with van der Waals surface area (Å²) in [6, 6.07) is 2.54. The molecular weight excluding hydrogens is 204 g/mol. The Labute approximate surface area is 105 Å². The molecule has 17 heavy (non-hydrogen) atoms. The minimum absolute atomic E-state index is 0.318. The fourth-order valence-electron chi connectivity index (χ4n) is 3.97. The van der Waals surface area contributed by atoms with Gasteiger partial charge in [0.2, 0.25) is 0 Å². The van der Waals surface area contributed by atoms with Crippen LogP contribution in [0.2, 0.25) is 0 Å². The molecule has 0 unspecified atom stereocenters. The minimum Gasteiger partial charge on any atom is -0.0584 e. The van der Waals surface area contributed by atoms with Gasteiger partial charge in [-0.15, -0.1) is 0 Å². The average molecular weight is 228 g/mol. The molecule has 0 N–H and O–H groups in total. The van der Waals surface area contributed by atoms with Crippen molar-refractivity contribution < 1.29 is 0 Å². The van der Waals surface area contributed by atoms with Crippen molar-refractivity contribution in [3.8, 4) is 0 Å². The molecule has 92 valence electrons. The molecule has 1 atom stereocenters. The Balaban J connectivity index is 2.30. The third-order valence-corrected chi connectivity index (χ3v) is 4.62. The van der Waals surface area contributed by atoms with Crippen molar-refractivity contribution >= 4 is 0 Å². The topological polar surface area (TPSA) is 0 Å². The summed E-state index contributed by atoms with van der Waals surface area (Å²) in [4.78, 5) is 0. The summed E-state index contributed by atoms with van der Waals surface area (Å²) in [5.74, 6) is 0.783. The molecule has 0 aromatic heterocycles. The smallest absolute Gasteiger partial charge is 0.0126 e. The molecule has 2 aliphatic rings. The van der Waals surface area contributed by atoms with Crippen LogP contribution in [0.3, 0.4) is 0 Å². The van der Waals surface area contributed by atoms with Gasteiger partial charge in [-0.1, -0.05) is 33.8 Å². The number of benzene rings is 1. The molecule has 0 fully saturated rings. The lowest BCUT2D eigenvalue weighted by molar-refractivity contribution is 0.569. The third-order valence-electron chi connectivity index (χ3n) is 4.62. The normalized spacial score (nSPS) is 22.7.